The Balaban J connectivity index is 1.60. The highest BCUT2D eigenvalue weighted by atomic mass is 35.5. The van der Waals surface area contributed by atoms with Gasteiger partial charge in [-0.2, -0.15) is 0 Å². The van der Waals surface area contributed by atoms with E-state index in [1.165, 1.54) is 0 Å². The van der Waals surface area contributed by atoms with Gasteiger partial charge in [0.2, 0.25) is 0 Å². The van der Waals surface area contributed by atoms with Gasteiger partial charge in [-0.1, -0.05) is 11.6 Å². The minimum absolute atomic E-state index is 0.00722. The van der Waals surface area contributed by atoms with Crippen molar-refractivity contribution < 1.29 is 19.4 Å². The Bertz CT molecular complexity index is 1080. The molecule has 0 unspecified atom stereocenters. The molecule has 1 amide bonds. The molecule has 3 aromatic rings. The monoisotopic (exact) mass is 430 g/mol. The number of imidazole rings is 1. The first-order valence-electron chi connectivity index (χ1n) is 9.63. The molecule has 0 aliphatic carbocycles. The molecule has 1 aliphatic heterocycles. The van der Waals surface area contributed by atoms with Crippen LogP contribution in [0.1, 0.15) is 12.8 Å². The summed E-state index contributed by atoms with van der Waals surface area (Å²) in [6, 6.07) is 7.63. The van der Waals surface area contributed by atoms with Crippen LogP contribution in [0.25, 0.3) is 16.9 Å². The quantitative estimate of drug-likeness (QED) is 0.638. The third-order valence-electron chi connectivity index (χ3n) is 5.38. The van der Waals surface area contributed by atoms with Crippen molar-refractivity contribution in [3.8, 4) is 22.8 Å². The van der Waals surface area contributed by atoms with Crippen LogP contribution in [-0.4, -0.2) is 53.9 Å². The van der Waals surface area contributed by atoms with E-state index in [1.807, 2.05) is 28.9 Å². The topological polar surface area (TPSA) is 88.3 Å². The summed E-state index contributed by atoms with van der Waals surface area (Å²) in [6.45, 7) is 1.58. The summed E-state index contributed by atoms with van der Waals surface area (Å²) in [4.78, 5) is 17.8. The number of hydrogen-bond donors (Lipinski definition) is 2. The van der Waals surface area contributed by atoms with E-state index in [0.717, 1.165) is 48.5 Å². The number of carboxylic acid groups (broad SMARTS) is 1. The lowest BCUT2D eigenvalue weighted by Gasteiger charge is -2.33. The highest BCUT2D eigenvalue weighted by Gasteiger charge is 2.21. The van der Waals surface area contributed by atoms with Gasteiger partial charge in [-0.15, -0.1) is 0 Å². The zero-order chi connectivity index (χ0) is 21.3. The number of anilines is 1. The van der Waals surface area contributed by atoms with Crippen LogP contribution in [-0.2, 0) is 0 Å². The molecule has 8 nitrogen and oxygen atoms in total. The van der Waals surface area contributed by atoms with Crippen LogP contribution < -0.4 is 19.7 Å². The average molecular weight is 431 g/mol. The predicted molar refractivity (Wildman–Crippen MR) is 115 cm³/mol. The van der Waals surface area contributed by atoms with Crippen LogP contribution in [0.15, 0.2) is 36.7 Å². The second-order valence-corrected chi connectivity index (χ2v) is 7.58. The molecule has 4 rings (SSSR count). The van der Waals surface area contributed by atoms with Gasteiger partial charge in [0.25, 0.3) is 0 Å². The van der Waals surface area contributed by atoms with Gasteiger partial charge in [-0.25, -0.2) is 9.78 Å². The molecule has 2 N–H and O–H groups in total. The Morgan fingerprint density at radius 3 is 2.60 bits per heavy atom. The fraction of sp³-hybridized carbons (Fsp3) is 0.333. The molecule has 0 saturated carbocycles. The van der Waals surface area contributed by atoms with Gasteiger partial charge in [-0.05, 0) is 25.0 Å². The van der Waals surface area contributed by atoms with Gasteiger partial charge in [0, 0.05) is 54.9 Å². The molecule has 158 valence electrons. The predicted octanol–water partition coefficient (Wildman–Crippen LogP) is 3.91. The Morgan fingerprint density at radius 2 is 1.93 bits per heavy atom. The molecular formula is C21H23ClN4O4. The number of fused-ring (bicyclic) bond motifs is 1. The smallest absolute Gasteiger partial charge is 0.404 e. The standard InChI is InChI=1S/C21H23ClN4O4/c1-29-18-11-19(30-2)16(22)10-15(18)17-12-26-8-5-14(9-20(26)24-17)25-6-3-13(4-7-25)23-21(27)28/h5,8-13,23H,3-4,6-7H2,1-2H3,(H,27,28). The van der Waals surface area contributed by atoms with E-state index >= 15 is 0 Å². The SMILES string of the molecule is COc1cc(OC)c(-c2cn3ccc(N4CCC(NC(=O)O)CC4)cc3n2)cc1Cl. The largest absolute Gasteiger partial charge is 0.496 e. The highest BCUT2D eigenvalue weighted by Crippen LogP contribution is 2.38. The normalized spacial score (nSPS) is 14.7. The third kappa shape index (κ3) is 3.95. The molecule has 1 aliphatic rings. The number of hydrogen-bond acceptors (Lipinski definition) is 5. The number of ether oxygens (including phenoxy) is 2. The molecular weight excluding hydrogens is 408 g/mol. The summed E-state index contributed by atoms with van der Waals surface area (Å²) >= 11 is 6.31. The van der Waals surface area contributed by atoms with Gasteiger partial charge in [0.1, 0.15) is 17.1 Å². The number of methoxy groups -OCH3 is 2. The molecule has 0 radical (unpaired) electrons. The summed E-state index contributed by atoms with van der Waals surface area (Å²) < 4.78 is 12.7. The first kappa shape index (κ1) is 20.2. The molecule has 3 heterocycles. The van der Waals surface area contributed by atoms with Gasteiger partial charge in [0.15, 0.2) is 0 Å². The van der Waals surface area contributed by atoms with Crippen molar-refractivity contribution in [2.24, 2.45) is 0 Å². The van der Waals surface area contributed by atoms with Gasteiger partial charge in [0.05, 0.1) is 24.9 Å². The van der Waals surface area contributed by atoms with Crippen molar-refractivity contribution in [2.45, 2.75) is 18.9 Å². The molecule has 0 atom stereocenters. The Kier molecular flexibility index (Phi) is 5.59. The van der Waals surface area contributed by atoms with Crippen molar-refractivity contribution in [3.63, 3.8) is 0 Å². The second kappa shape index (κ2) is 8.31. The van der Waals surface area contributed by atoms with Crippen LogP contribution in [0.2, 0.25) is 5.02 Å². The summed E-state index contributed by atoms with van der Waals surface area (Å²) in [5.41, 5.74) is 3.41. The number of aromatic nitrogens is 2. The maximum absolute atomic E-state index is 10.8. The van der Waals surface area contributed by atoms with Gasteiger partial charge < -0.3 is 29.2 Å². The molecule has 30 heavy (non-hydrogen) atoms. The Hall–Kier alpha value is -3.13. The van der Waals surface area contributed by atoms with E-state index in [2.05, 4.69) is 10.2 Å². The third-order valence-corrected chi connectivity index (χ3v) is 5.68. The number of rotatable bonds is 5. The average Bonchev–Trinajstić information content (AvgIpc) is 3.17. The van der Waals surface area contributed by atoms with Crippen LogP contribution in [0.3, 0.4) is 0 Å². The summed E-state index contributed by atoms with van der Waals surface area (Å²) in [5, 5.41) is 11.9. The fourth-order valence-corrected chi connectivity index (χ4v) is 4.06. The number of piperidine rings is 1. The van der Waals surface area contributed by atoms with E-state index in [0.29, 0.717) is 16.5 Å². The summed E-state index contributed by atoms with van der Waals surface area (Å²) in [6.07, 6.45) is 4.49. The van der Waals surface area contributed by atoms with Crippen LogP contribution >= 0.6 is 11.6 Å². The first-order valence-corrected chi connectivity index (χ1v) is 10.0. The lowest BCUT2D eigenvalue weighted by atomic mass is 10.0. The second-order valence-electron chi connectivity index (χ2n) is 7.17. The van der Waals surface area contributed by atoms with Gasteiger partial charge >= 0.3 is 6.09 Å². The molecule has 0 bridgehead atoms. The molecule has 0 spiro atoms. The van der Waals surface area contributed by atoms with E-state index in [4.69, 9.17) is 31.2 Å². The maximum atomic E-state index is 10.8. The number of nitrogens with one attached hydrogen (secondary N) is 1. The number of amides is 1. The number of benzene rings is 1. The lowest BCUT2D eigenvalue weighted by molar-refractivity contribution is 0.187. The summed E-state index contributed by atoms with van der Waals surface area (Å²) in [5.74, 6) is 1.18. The fourth-order valence-electron chi connectivity index (χ4n) is 3.81. The van der Waals surface area contributed by atoms with Crippen LogP contribution in [0.5, 0.6) is 11.5 Å². The van der Waals surface area contributed by atoms with Crippen LogP contribution in [0.4, 0.5) is 10.5 Å². The number of carbonyl (C=O) groups is 1. The Labute approximate surface area is 179 Å². The minimum atomic E-state index is -0.964. The minimum Gasteiger partial charge on any atom is -0.496 e. The Morgan fingerprint density at radius 1 is 1.20 bits per heavy atom. The van der Waals surface area contributed by atoms with Crippen molar-refractivity contribution in [3.05, 3.63) is 41.7 Å². The van der Waals surface area contributed by atoms with Gasteiger partial charge in [-0.3, -0.25) is 0 Å². The number of nitrogens with zero attached hydrogens (tertiary/aromatic N) is 3. The molecule has 1 saturated heterocycles. The van der Waals surface area contributed by atoms with E-state index in [9.17, 15) is 4.79 Å². The zero-order valence-corrected chi connectivity index (χ0v) is 17.5. The van der Waals surface area contributed by atoms with Crippen molar-refractivity contribution in [1.29, 1.82) is 0 Å². The highest BCUT2D eigenvalue weighted by molar-refractivity contribution is 6.32. The molecule has 2 aromatic heterocycles. The van der Waals surface area contributed by atoms with E-state index < -0.39 is 6.09 Å². The first-order chi connectivity index (χ1) is 14.5. The summed E-state index contributed by atoms with van der Waals surface area (Å²) in [7, 11) is 3.16. The van der Waals surface area contributed by atoms with Crippen LogP contribution in [0, 0.1) is 0 Å². The molecule has 1 aromatic carbocycles. The molecule has 9 heteroatoms. The van der Waals surface area contributed by atoms with E-state index in [1.54, 1.807) is 26.4 Å². The van der Waals surface area contributed by atoms with Crippen molar-refractivity contribution >= 4 is 29.0 Å². The molecule has 1 fully saturated rings. The van der Waals surface area contributed by atoms with Crippen molar-refractivity contribution in [2.75, 3.05) is 32.2 Å². The zero-order valence-electron chi connectivity index (χ0n) is 16.8. The van der Waals surface area contributed by atoms with Crippen molar-refractivity contribution in [1.82, 2.24) is 14.7 Å². The lowest BCUT2D eigenvalue weighted by Crippen LogP contribution is -2.44. The maximum Gasteiger partial charge on any atom is 0.404 e. The van der Waals surface area contributed by atoms with E-state index in [-0.39, 0.29) is 6.04 Å². The number of halogens is 1. The number of pyridine rings is 1.